The number of hydrogen-bond donors (Lipinski definition) is 1. The number of benzene rings is 4. The minimum atomic E-state index is -5.16. The van der Waals surface area contributed by atoms with Crippen molar-refractivity contribution < 1.29 is 66.0 Å². The lowest BCUT2D eigenvalue weighted by atomic mass is 10.1. The topological polar surface area (TPSA) is 160 Å². The first-order valence-corrected chi connectivity index (χ1v) is 19.6. The molecule has 4 aromatic carbocycles. The second kappa shape index (κ2) is 17.5. The zero-order valence-electron chi connectivity index (χ0n) is 29.3. The average molecular weight is 848 g/mol. The van der Waals surface area contributed by atoms with Gasteiger partial charge in [-0.3, -0.25) is 18.2 Å². The predicted octanol–water partition coefficient (Wildman–Crippen LogP) is 6.51. The van der Waals surface area contributed by atoms with Crippen LogP contribution in [0.5, 0.6) is 0 Å². The number of carbonyl (C=O) groups excluding carboxylic acids is 2. The predicted molar refractivity (Wildman–Crippen MR) is 189 cm³/mol. The van der Waals surface area contributed by atoms with Gasteiger partial charge < -0.3 is 9.73 Å². The summed E-state index contributed by atoms with van der Waals surface area (Å²) in [5.74, 6) is -7.55. The first-order chi connectivity index (χ1) is 26.4. The molecule has 0 saturated heterocycles. The molecule has 57 heavy (non-hydrogen) atoms. The van der Waals surface area contributed by atoms with Crippen molar-refractivity contribution in [3.8, 4) is 11.5 Å². The van der Waals surface area contributed by atoms with Crippen LogP contribution in [0.15, 0.2) is 101 Å². The van der Waals surface area contributed by atoms with E-state index in [0.29, 0.717) is 11.4 Å². The van der Waals surface area contributed by atoms with Gasteiger partial charge >= 0.3 is 24.2 Å². The van der Waals surface area contributed by atoms with E-state index in [1.54, 1.807) is 60.7 Å². The van der Waals surface area contributed by atoms with Gasteiger partial charge in [0.2, 0.25) is 20.0 Å². The van der Waals surface area contributed by atoms with Crippen LogP contribution >= 0.6 is 0 Å². The highest BCUT2D eigenvalue weighted by Crippen LogP contribution is 2.32. The molecule has 1 heterocycles. The number of Topliss-reactive ketones (excluding diaryl/α,β-unsaturated/α-hetero) is 1. The van der Waals surface area contributed by atoms with Crippen LogP contribution in [0.2, 0.25) is 0 Å². The number of alkyl halides is 6. The van der Waals surface area contributed by atoms with E-state index in [9.17, 15) is 61.5 Å². The molecule has 1 aromatic heterocycles. The van der Waals surface area contributed by atoms with Gasteiger partial charge in [-0.1, -0.05) is 48.5 Å². The zero-order valence-corrected chi connectivity index (χ0v) is 31.0. The maximum absolute atomic E-state index is 14.4. The number of sulfonamides is 2. The number of ketones is 1. The molecule has 1 N–H and O–H groups in total. The highest BCUT2D eigenvalue weighted by Gasteiger charge is 2.39. The van der Waals surface area contributed by atoms with Crippen molar-refractivity contribution in [1.82, 2.24) is 15.5 Å². The van der Waals surface area contributed by atoms with Crippen LogP contribution in [0.1, 0.15) is 27.4 Å². The normalized spacial score (nSPS) is 12.0. The molecule has 5 rings (SSSR count). The van der Waals surface area contributed by atoms with Gasteiger partial charge in [0.25, 0.3) is 5.89 Å². The van der Waals surface area contributed by atoms with Crippen molar-refractivity contribution in [2.45, 2.75) is 25.4 Å². The lowest BCUT2D eigenvalue weighted by Crippen LogP contribution is -2.39. The number of nitrogens with zero attached hydrogens (tertiary/aromatic N) is 4. The quantitative estimate of drug-likeness (QED) is 0.109. The van der Waals surface area contributed by atoms with E-state index < -0.39 is 79.6 Å². The molecule has 0 atom stereocenters. The molecular formula is C35H29F8N5O7S2. The molecule has 0 unspecified atom stereocenters. The molecule has 1 amide bonds. The summed E-state index contributed by atoms with van der Waals surface area (Å²) in [6.07, 6.45) is -8.00. The maximum Gasteiger partial charge on any atom is 0.471 e. The fraction of sp³-hybridized carbons (Fsp3) is 0.200. The third-order valence-electron chi connectivity index (χ3n) is 7.47. The summed E-state index contributed by atoms with van der Waals surface area (Å²) in [7, 11) is -7.36. The van der Waals surface area contributed by atoms with Crippen LogP contribution in [0.25, 0.3) is 11.5 Å². The van der Waals surface area contributed by atoms with Crippen LogP contribution in [0, 0.1) is 11.6 Å². The molecule has 0 bridgehead atoms. The third kappa shape index (κ3) is 12.0. The minimum Gasteiger partial charge on any atom is -0.413 e. The van der Waals surface area contributed by atoms with Crippen LogP contribution < -0.4 is 13.9 Å². The Hall–Kier alpha value is -5.90. The Kier molecular flexibility index (Phi) is 13.4. The van der Waals surface area contributed by atoms with E-state index >= 15 is 0 Å². The molecule has 0 aliphatic heterocycles. The smallest absolute Gasteiger partial charge is 0.413 e. The fourth-order valence-electron chi connectivity index (χ4n) is 4.84. The molecule has 0 aliphatic carbocycles. The van der Waals surface area contributed by atoms with Gasteiger partial charge in [-0.15, -0.1) is 10.2 Å². The number of halogens is 8. The van der Waals surface area contributed by atoms with E-state index in [2.05, 4.69) is 14.6 Å². The number of amides is 1. The molecule has 0 saturated carbocycles. The number of rotatable bonds is 12. The van der Waals surface area contributed by atoms with E-state index in [-0.39, 0.29) is 29.8 Å². The molecule has 0 aliphatic rings. The zero-order chi connectivity index (χ0) is 42.3. The SMILES string of the molecule is CS(=O)(=O)N(Cc1ccc(-c2nnc(C(F)(F)F)o2)c(F)c1)c1ccccc1.CS(=O)(=O)N(Cc1ccc(C(=O)CNC(=O)C(F)(F)F)c(F)c1)c1ccccc1. The van der Waals surface area contributed by atoms with Crippen molar-refractivity contribution >= 4 is 43.1 Å². The molecule has 5 aromatic rings. The Balaban J connectivity index is 0.000000253. The van der Waals surface area contributed by atoms with Crippen LogP contribution in [0.3, 0.4) is 0 Å². The summed E-state index contributed by atoms with van der Waals surface area (Å²) in [6, 6.07) is 23.0. The standard InChI is InChI=1S/C18H16F4N2O4S.C17H13F4N3O3S/c1-29(27,28)24(13-5-3-2-4-6-13)11-12-7-8-14(15(19)9-12)16(25)10-23-17(26)18(20,21)22;1-28(25,26)24(12-5-3-2-4-6-12)10-11-7-8-13(14(18)9-11)15-22-23-16(27-15)17(19,20)21/h2-9H,10-11H2,1H3,(H,23,26);2-9H,10H2,1H3. The monoisotopic (exact) mass is 847 g/mol. The lowest BCUT2D eigenvalue weighted by molar-refractivity contribution is -0.173. The van der Waals surface area contributed by atoms with Gasteiger partial charge in [0.05, 0.1) is 54.6 Å². The van der Waals surface area contributed by atoms with E-state index in [1.165, 1.54) is 17.4 Å². The molecular weight excluding hydrogens is 819 g/mol. The Bertz CT molecular complexity index is 2430. The lowest BCUT2D eigenvalue weighted by Gasteiger charge is -2.22. The van der Waals surface area contributed by atoms with Gasteiger partial charge in [0, 0.05) is 0 Å². The number of nitrogens with one attached hydrogen (secondary N) is 1. The van der Waals surface area contributed by atoms with Gasteiger partial charge in [-0.05, 0) is 59.7 Å². The van der Waals surface area contributed by atoms with Crippen molar-refractivity contribution in [2.24, 2.45) is 0 Å². The molecule has 304 valence electrons. The average Bonchev–Trinajstić information content (AvgIpc) is 3.63. The van der Waals surface area contributed by atoms with Crippen molar-refractivity contribution in [3.63, 3.8) is 0 Å². The molecule has 12 nitrogen and oxygen atoms in total. The number of anilines is 2. The Morgan fingerprint density at radius 1 is 0.684 bits per heavy atom. The second-order valence-corrected chi connectivity index (χ2v) is 15.7. The summed E-state index contributed by atoms with van der Waals surface area (Å²) in [5.41, 5.74) is 0.393. The molecule has 22 heteroatoms. The van der Waals surface area contributed by atoms with Gasteiger partial charge in [-0.25, -0.2) is 25.6 Å². The maximum atomic E-state index is 14.4. The number of para-hydroxylation sites is 2. The Labute approximate surface area is 319 Å². The number of aromatic nitrogens is 2. The second-order valence-electron chi connectivity index (χ2n) is 11.9. The molecule has 0 radical (unpaired) electrons. The largest absolute Gasteiger partial charge is 0.471 e. The first kappa shape index (κ1) is 43.8. The highest BCUT2D eigenvalue weighted by atomic mass is 32.2. The number of carbonyl (C=O) groups is 2. The number of hydrogen-bond acceptors (Lipinski definition) is 9. The summed E-state index contributed by atoms with van der Waals surface area (Å²) < 4.78 is 158. The van der Waals surface area contributed by atoms with E-state index in [0.717, 1.165) is 45.4 Å². The Morgan fingerprint density at radius 3 is 1.56 bits per heavy atom. The first-order valence-electron chi connectivity index (χ1n) is 15.9. The van der Waals surface area contributed by atoms with Crippen molar-refractivity contribution in [1.29, 1.82) is 0 Å². The van der Waals surface area contributed by atoms with Crippen LogP contribution in [-0.2, 0) is 44.1 Å². The van der Waals surface area contributed by atoms with E-state index in [1.807, 2.05) is 0 Å². The summed E-state index contributed by atoms with van der Waals surface area (Å²) in [4.78, 5) is 22.6. The molecule has 0 spiro atoms. The van der Waals surface area contributed by atoms with Crippen molar-refractivity contribution in [3.05, 3.63) is 131 Å². The van der Waals surface area contributed by atoms with Gasteiger partial charge in [-0.2, -0.15) is 26.3 Å². The summed E-state index contributed by atoms with van der Waals surface area (Å²) in [6.45, 7) is -1.43. The van der Waals surface area contributed by atoms with Crippen LogP contribution in [-0.4, -0.2) is 64.0 Å². The Morgan fingerprint density at radius 2 is 1.16 bits per heavy atom. The van der Waals surface area contributed by atoms with Gasteiger partial charge in [0.1, 0.15) is 11.6 Å². The summed E-state index contributed by atoms with van der Waals surface area (Å²) >= 11 is 0. The third-order valence-corrected chi connectivity index (χ3v) is 9.75. The van der Waals surface area contributed by atoms with Gasteiger partial charge in [0.15, 0.2) is 5.78 Å². The molecule has 0 fully saturated rings. The fourth-order valence-corrected chi connectivity index (χ4v) is 6.61. The minimum absolute atomic E-state index is 0.169. The van der Waals surface area contributed by atoms with Crippen molar-refractivity contribution in [2.75, 3.05) is 27.7 Å². The van der Waals surface area contributed by atoms with Crippen LogP contribution in [0.4, 0.5) is 46.5 Å². The highest BCUT2D eigenvalue weighted by molar-refractivity contribution is 7.92. The summed E-state index contributed by atoms with van der Waals surface area (Å²) in [5, 5.41) is 7.43. The van der Waals surface area contributed by atoms with E-state index in [4.69, 9.17) is 0 Å².